The second kappa shape index (κ2) is 4.66. The summed E-state index contributed by atoms with van der Waals surface area (Å²) in [7, 11) is 0. The minimum atomic E-state index is -1.31. The van der Waals surface area contributed by atoms with Crippen LogP contribution in [0.2, 0.25) is 0 Å². The molecule has 4 rings (SSSR count). The predicted molar refractivity (Wildman–Crippen MR) is 83.0 cm³/mol. The van der Waals surface area contributed by atoms with E-state index < -0.39 is 17.7 Å². The summed E-state index contributed by atoms with van der Waals surface area (Å²) in [6, 6.07) is 0. The predicted octanol–water partition coefficient (Wildman–Crippen LogP) is 3.83. The van der Waals surface area contributed by atoms with Crippen molar-refractivity contribution in [3.8, 4) is 0 Å². The maximum atomic E-state index is 14.1. The summed E-state index contributed by atoms with van der Waals surface area (Å²) in [4.78, 5) is 12.3. The van der Waals surface area contributed by atoms with Gasteiger partial charge in [0.25, 0.3) is 0 Å². The lowest BCUT2D eigenvalue weighted by Gasteiger charge is -2.57. The Bertz CT molecular complexity index is 542. The van der Waals surface area contributed by atoms with Crippen molar-refractivity contribution < 1.29 is 14.3 Å². The van der Waals surface area contributed by atoms with Crippen LogP contribution in [0.25, 0.3) is 0 Å². The highest BCUT2D eigenvalue weighted by atomic mass is 19.1. The van der Waals surface area contributed by atoms with Crippen LogP contribution in [-0.4, -0.2) is 23.2 Å². The third kappa shape index (κ3) is 1.72. The van der Waals surface area contributed by atoms with Crippen LogP contribution in [0.5, 0.6) is 0 Å². The van der Waals surface area contributed by atoms with Crippen molar-refractivity contribution in [1.82, 2.24) is 0 Å². The quantitative estimate of drug-likeness (QED) is 0.691. The fourth-order valence-electron chi connectivity index (χ4n) is 6.44. The van der Waals surface area contributed by atoms with Crippen LogP contribution in [-0.2, 0) is 4.79 Å². The first-order valence-corrected chi connectivity index (χ1v) is 8.95. The van der Waals surface area contributed by atoms with E-state index in [9.17, 15) is 14.3 Å². The minimum absolute atomic E-state index is 0.0142. The van der Waals surface area contributed by atoms with Gasteiger partial charge in [-0.25, -0.2) is 4.39 Å². The highest BCUT2D eigenvalue weighted by Crippen LogP contribution is 2.64. The van der Waals surface area contributed by atoms with Crippen LogP contribution in [0.4, 0.5) is 4.39 Å². The van der Waals surface area contributed by atoms with Gasteiger partial charge in [-0.05, 0) is 61.7 Å². The fraction of sp³-hybridized carbons (Fsp3) is 0.842. The number of alkyl halides is 1. The number of rotatable bonds is 0. The van der Waals surface area contributed by atoms with Gasteiger partial charge >= 0.3 is 0 Å². The second-order valence-electron chi connectivity index (χ2n) is 8.62. The molecule has 22 heavy (non-hydrogen) atoms. The third-order valence-corrected chi connectivity index (χ3v) is 7.74. The summed E-state index contributed by atoms with van der Waals surface area (Å²) >= 11 is 0. The second-order valence-corrected chi connectivity index (χ2v) is 8.62. The Labute approximate surface area is 132 Å². The standard InChI is InChI=1S/C19H27FO2/c1-18-7-4-3-5-11(18)9-15(21)16-12(18)6-8-19(2)13(16)10-14(20)17(19)22/h9,12-16,21H,3-8,10H2,1-2H3/t12-,13-,14+,15-,16+,18-,19-/m0/s1. The number of ketones is 1. The number of aliphatic hydroxyl groups is 1. The average Bonchev–Trinajstić information content (AvgIpc) is 2.71. The minimum Gasteiger partial charge on any atom is -0.389 e. The number of aliphatic hydroxyl groups excluding tert-OH is 1. The van der Waals surface area contributed by atoms with Crippen LogP contribution in [0.15, 0.2) is 11.6 Å². The summed E-state index contributed by atoms with van der Waals surface area (Å²) in [5, 5.41) is 10.8. The van der Waals surface area contributed by atoms with Gasteiger partial charge in [0.2, 0.25) is 0 Å². The summed E-state index contributed by atoms with van der Waals surface area (Å²) in [6.45, 7) is 4.30. The lowest BCUT2D eigenvalue weighted by molar-refractivity contribution is -0.137. The monoisotopic (exact) mass is 306 g/mol. The fourth-order valence-corrected chi connectivity index (χ4v) is 6.44. The van der Waals surface area contributed by atoms with Gasteiger partial charge in [-0.15, -0.1) is 0 Å². The smallest absolute Gasteiger partial charge is 0.173 e. The Morgan fingerprint density at radius 1 is 1.18 bits per heavy atom. The first kappa shape index (κ1) is 14.9. The van der Waals surface area contributed by atoms with E-state index in [4.69, 9.17) is 0 Å². The molecule has 0 aliphatic heterocycles. The van der Waals surface area contributed by atoms with Gasteiger partial charge in [0.05, 0.1) is 6.10 Å². The third-order valence-electron chi connectivity index (χ3n) is 7.74. The van der Waals surface area contributed by atoms with Gasteiger partial charge in [-0.1, -0.05) is 31.9 Å². The summed E-state index contributed by atoms with van der Waals surface area (Å²) in [6.07, 6.45) is 7.10. The molecule has 1 N–H and O–H groups in total. The normalized spacial score (nSPS) is 54.3. The number of Topliss-reactive ketones (excluding diaryl/α,β-unsaturated/α-hetero) is 1. The van der Waals surface area contributed by atoms with Gasteiger partial charge in [0.1, 0.15) is 0 Å². The molecule has 3 heteroatoms. The van der Waals surface area contributed by atoms with Gasteiger partial charge in [-0.2, -0.15) is 0 Å². The molecule has 0 heterocycles. The van der Waals surface area contributed by atoms with E-state index in [0.717, 1.165) is 19.3 Å². The number of hydrogen-bond donors (Lipinski definition) is 1. The number of hydrogen-bond acceptors (Lipinski definition) is 2. The molecule has 2 nitrogen and oxygen atoms in total. The average molecular weight is 306 g/mol. The number of allylic oxidation sites excluding steroid dienone is 1. The topological polar surface area (TPSA) is 37.3 Å². The first-order valence-electron chi connectivity index (χ1n) is 8.95. The molecule has 7 atom stereocenters. The van der Waals surface area contributed by atoms with E-state index in [1.165, 1.54) is 24.8 Å². The Balaban J connectivity index is 1.76. The lowest BCUT2D eigenvalue weighted by atomic mass is 9.47. The van der Waals surface area contributed by atoms with Gasteiger partial charge in [0.15, 0.2) is 12.0 Å². The number of carbonyl (C=O) groups is 1. The van der Waals surface area contributed by atoms with Crippen molar-refractivity contribution in [3.05, 3.63) is 11.6 Å². The Morgan fingerprint density at radius 3 is 2.73 bits per heavy atom. The zero-order valence-corrected chi connectivity index (χ0v) is 13.6. The molecule has 4 aliphatic rings. The molecule has 0 aromatic rings. The van der Waals surface area contributed by atoms with E-state index in [-0.39, 0.29) is 23.0 Å². The number of fused-ring (bicyclic) bond motifs is 5. The molecule has 4 aliphatic carbocycles. The van der Waals surface area contributed by atoms with Crippen molar-refractivity contribution in [1.29, 1.82) is 0 Å². The Hall–Kier alpha value is -0.700. The van der Waals surface area contributed by atoms with Crippen molar-refractivity contribution in [2.24, 2.45) is 28.6 Å². The molecule has 0 saturated heterocycles. The summed E-state index contributed by atoms with van der Waals surface area (Å²) in [5.41, 5.74) is 1.05. The molecule has 0 unspecified atom stereocenters. The molecule has 0 aromatic carbocycles. The van der Waals surface area contributed by atoms with Gasteiger partial charge < -0.3 is 5.11 Å². The maximum Gasteiger partial charge on any atom is 0.173 e. The summed E-state index contributed by atoms with van der Waals surface area (Å²) < 4.78 is 14.1. The molecule has 3 saturated carbocycles. The number of halogens is 1. The molecule has 0 aromatic heterocycles. The van der Waals surface area contributed by atoms with Crippen molar-refractivity contribution in [2.75, 3.05) is 0 Å². The summed E-state index contributed by atoms with van der Waals surface area (Å²) in [5.74, 6) is 0.293. The van der Waals surface area contributed by atoms with Crippen molar-refractivity contribution >= 4 is 5.78 Å². The van der Waals surface area contributed by atoms with Crippen molar-refractivity contribution in [2.45, 2.75) is 71.1 Å². The molecule has 0 amide bonds. The first-order chi connectivity index (χ1) is 10.4. The highest BCUT2D eigenvalue weighted by molar-refractivity contribution is 5.91. The molecule has 0 radical (unpaired) electrons. The zero-order chi connectivity index (χ0) is 15.7. The van der Waals surface area contributed by atoms with E-state index >= 15 is 0 Å². The van der Waals surface area contributed by atoms with Crippen LogP contribution in [0.1, 0.15) is 58.8 Å². The zero-order valence-electron chi connectivity index (χ0n) is 13.6. The molecule has 122 valence electrons. The molecular formula is C19H27FO2. The molecule has 0 bridgehead atoms. The van der Waals surface area contributed by atoms with Crippen molar-refractivity contribution in [3.63, 3.8) is 0 Å². The SMILES string of the molecule is C[C@]12CCCCC1=C[C@H](O)[C@@H]1[C@@H]2CC[C@]2(C)C(=O)[C@H](F)C[C@@H]12. The Kier molecular flexibility index (Phi) is 3.15. The van der Waals surface area contributed by atoms with E-state index in [2.05, 4.69) is 13.0 Å². The van der Waals surface area contributed by atoms with Crippen LogP contribution >= 0.6 is 0 Å². The highest BCUT2D eigenvalue weighted by Gasteiger charge is 2.62. The molecule has 0 spiro atoms. The molecule has 3 fully saturated rings. The van der Waals surface area contributed by atoms with E-state index in [0.29, 0.717) is 12.3 Å². The lowest BCUT2D eigenvalue weighted by Crippen LogP contribution is -2.54. The van der Waals surface area contributed by atoms with Crippen LogP contribution < -0.4 is 0 Å². The van der Waals surface area contributed by atoms with Gasteiger partial charge in [0, 0.05) is 5.41 Å². The molecular weight excluding hydrogens is 279 g/mol. The maximum absolute atomic E-state index is 14.1. The van der Waals surface area contributed by atoms with Gasteiger partial charge in [-0.3, -0.25) is 4.79 Å². The number of carbonyl (C=O) groups excluding carboxylic acids is 1. The largest absolute Gasteiger partial charge is 0.389 e. The van der Waals surface area contributed by atoms with Crippen LogP contribution in [0, 0.1) is 28.6 Å². The Morgan fingerprint density at radius 2 is 1.95 bits per heavy atom. The van der Waals surface area contributed by atoms with E-state index in [1.54, 1.807) is 0 Å². The van der Waals surface area contributed by atoms with Crippen LogP contribution in [0.3, 0.4) is 0 Å². The van der Waals surface area contributed by atoms with E-state index in [1.807, 2.05) is 6.92 Å².